The smallest absolute Gasteiger partial charge is 0.0710 e. The second-order valence-corrected chi connectivity index (χ2v) is 7.36. The summed E-state index contributed by atoms with van der Waals surface area (Å²) in [5, 5.41) is 10.9. The van der Waals surface area contributed by atoms with Crippen LogP contribution in [-0.2, 0) is 0 Å². The second-order valence-electron chi connectivity index (χ2n) is 7.36. The van der Waals surface area contributed by atoms with Crippen molar-refractivity contribution in [1.82, 2.24) is 0 Å². The van der Waals surface area contributed by atoms with Gasteiger partial charge in [0.15, 0.2) is 0 Å². The Morgan fingerprint density at radius 3 is 1.83 bits per heavy atom. The van der Waals surface area contributed by atoms with Gasteiger partial charge in [-0.3, -0.25) is 0 Å². The molecule has 0 atom stereocenters. The van der Waals surface area contributed by atoms with E-state index in [2.05, 4.69) is 34.6 Å². The Balaban J connectivity index is 2.83. The lowest BCUT2D eigenvalue weighted by Gasteiger charge is -2.52. The first-order chi connectivity index (χ1) is 8.24. The van der Waals surface area contributed by atoms with E-state index < -0.39 is 5.60 Å². The molecule has 1 rings (SSSR count). The lowest BCUT2D eigenvalue weighted by Crippen LogP contribution is -2.54. The molecule has 0 aromatic rings. The molecule has 3 N–H and O–H groups in total. The largest absolute Gasteiger partial charge is 0.389 e. The lowest BCUT2D eigenvalue weighted by atomic mass is 9.57. The lowest BCUT2D eigenvalue weighted by molar-refractivity contribution is -0.115. The second kappa shape index (κ2) is 5.50. The molecule has 108 valence electrons. The SMILES string of the molecule is CCC(O)(CC)C1(CN)CCC(C(C)(C)C)CC1. The van der Waals surface area contributed by atoms with Crippen LogP contribution in [0.3, 0.4) is 0 Å². The third-order valence-electron chi connectivity index (χ3n) is 5.72. The van der Waals surface area contributed by atoms with Crippen LogP contribution < -0.4 is 5.73 Å². The molecule has 0 spiro atoms. The number of nitrogens with two attached hydrogens (primary N) is 1. The van der Waals surface area contributed by atoms with Gasteiger partial charge >= 0.3 is 0 Å². The van der Waals surface area contributed by atoms with Crippen molar-refractivity contribution in [3.63, 3.8) is 0 Å². The van der Waals surface area contributed by atoms with E-state index in [-0.39, 0.29) is 5.41 Å². The number of rotatable bonds is 4. The van der Waals surface area contributed by atoms with Crippen molar-refractivity contribution < 1.29 is 5.11 Å². The van der Waals surface area contributed by atoms with E-state index in [1.54, 1.807) is 0 Å². The maximum absolute atomic E-state index is 10.9. The first-order valence-corrected chi connectivity index (χ1v) is 7.67. The van der Waals surface area contributed by atoms with Gasteiger partial charge in [-0.1, -0.05) is 34.6 Å². The summed E-state index contributed by atoms with van der Waals surface area (Å²) in [5.41, 5.74) is 5.85. The normalized spacial score (nSPS) is 30.5. The van der Waals surface area contributed by atoms with Crippen molar-refractivity contribution >= 4 is 0 Å². The summed E-state index contributed by atoms with van der Waals surface area (Å²) < 4.78 is 0. The van der Waals surface area contributed by atoms with Crippen LogP contribution in [0.2, 0.25) is 0 Å². The van der Waals surface area contributed by atoms with Crippen LogP contribution in [0, 0.1) is 16.7 Å². The molecule has 0 bridgehead atoms. The first kappa shape index (κ1) is 16.0. The standard InChI is InChI=1S/C16H33NO/c1-6-16(18,7-2)15(12-17)10-8-13(9-11-15)14(3,4)5/h13,18H,6-12,17H2,1-5H3. The highest BCUT2D eigenvalue weighted by Gasteiger charge is 2.49. The highest BCUT2D eigenvalue weighted by Crippen LogP contribution is 2.51. The molecule has 0 amide bonds. The first-order valence-electron chi connectivity index (χ1n) is 7.67. The van der Waals surface area contributed by atoms with Crippen molar-refractivity contribution in [3.05, 3.63) is 0 Å². The van der Waals surface area contributed by atoms with E-state index in [0.29, 0.717) is 12.0 Å². The molecular weight excluding hydrogens is 222 g/mol. The van der Waals surface area contributed by atoms with E-state index in [1.807, 2.05) is 0 Å². The quantitative estimate of drug-likeness (QED) is 0.804. The fourth-order valence-corrected chi connectivity index (χ4v) is 3.90. The van der Waals surface area contributed by atoms with E-state index in [4.69, 9.17) is 5.73 Å². The van der Waals surface area contributed by atoms with Gasteiger partial charge in [0.1, 0.15) is 0 Å². The average molecular weight is 255 g/mol. The zero-order valence-electron chi connectivity index (χ0n) is 13.1. The molecule has 2 heteroatoms. The Morgan fingerprint density at radius 1 is 1.11 bits per heavy atom. The van der Waals surface area contributed by atoms with Crippen LogP contribution >= 0.6 is 0 Å². The minimum atomic E-state index is -0.565. The molecule has 0 unspecified atom stereocenters. The van der Waals surface area contributed by atoms with Crippen LogP contribution in [-0.4, -0.2) is 17.3 Å². The summed E-state index contributed by atoms with van der Waals surface area (Å²) in [6.07, 6.45) is 6.24. The molecule has 0 aromatic carbocycles. The average Bonchev–Trinajstić information content (AvgIpc) is 2.36. The summed E-state index contributed by atoms with van der Waals surface area (Å²) in [6.45, 7) is 11.8. The third-order valence-corrected chi connectivity index (χ3v) is 5.72. The Hall–Kier alpha value is -0.0800. The monoisotopic (exact) mass is 255 g/mol. The summed E-state index contributed by atoms with van der Waals surface area (Å²) in [6, 6.07) is 0. The molecule has 1 aliphatic rings. The van der Waals surface area contributed by atoms with Crippen molar-refractivity contribution in [2.45, 2.75) is 78.7 Å². The fourth-order valence-electron chi connectivity index (χ4n) is 3.90. The topological polar surface area (TPSA) is 46.2 Å². The van der Waals surface area contributed by atoms with Crippen LogP contribution in [0.5, 0.6) is 0 Å². The van der Waals surface area contributed by atoms with Crippen LogP contribution in [0.15, 0.2) is 0 Å². The van der Waals surface area contributed by atoms with E-state index >= 15 is 0 Å². The van der Waals surface area contributed by atoms with E-state index in [1.165, 1.54) is 12.8 Å². The van der Waals surface area contributed by atoms with E-state index in [9.17, 15) is 5.11 Å². The summed E-state index contributed by atoms with van der Waals surface area (Å²) in [4.78, 5) is 0. The van der Waals surface area contributed by atoms with Crippen molar-refractivity contribution in [2.75, 3.05) is 6.54 Å². The number of hydrogen-bond acceptors (Lipinski definition) is 2. The zero-order chi connectivity index (χ0) is 14.0. The molecule has 2 nitrogen and oxygen atoms in total. The maximum Gasteiger partial charge on any atom is 0.0710 e. The summed E-state index contributed by atoms with van der Waals surface area (Å²) in [5.74, 6) is 0.773. The summed E-state index contributed by atoms with van der Waals surface area (Å²) >= 11 is 0. The number of aliphatic hydroxyl groups is 1. The van der Waals surface area contributed by atoms with Crippen LogP contribution in [0.25, 0.3) is 0 Å². The van der Waals surface area contributed by atoms with Gasteiger partial charge in [0.05, 0.1) is 5.60 Å². The number of hydrogen-bond donors (Lipinski definition) is 2. The van der Waals surface area contributed by atoms with Gasteiger partial charge in [0, 0.05) is 12.0 Å². The highest BCUT2D eigenvalue weighted by atomic mass is 16.3. The molecule has 0 saturated heterocycles. The Bertz CT molecular complexity index is 255. The fraction of sp³-hybridized carbons (Fsp3) is 1.00. The van der Waals surface area contributed by atoms with Gasteiger partial charge in [-0.05, 0) is 49.9 Å². The van der Waals surface area contributed by atoms with Gasteiger partial charge in [0.25, 0.3) is 0 Å². The molecule has 0 aliphatic heterocycles. The van der Waals surface area contributed by atoms with Gasteiger partial charge in [-0.2, -0.15) is 0 Å². The molecule has 1 fully saturated rings. The molecule has 1 saturated carbocycles. The Labute approximate surface area is 113 Å². The van der Waals surface area contributed by atoms with Crippen molar-refractivity contribution in [3.8, 4) is 0 Å². The van der Waals surface area contributed by atoms with Crippen LogP contribution in [0.4, 0.5) is 0 Å². The highest BCUT2D eigenvalue weighted by molar-refractivity contribution is 5.01. The zero-order valence-corrected chi connectivity index (χ0v) is 13.1. The molecule has 0 radical (unpaired) electrons. The van der Waals surface area contributed by atoms with E-state index in [0.717, 1.165) is 31.6 Å². The molecule has 0 heterocycles. The predicted octanol–water partition coefficient (Wildman–Crippen LogP) is 3.72. The van der Waals surface area contributed by atoms with Gasteiger partial charge in [-0.25, -0.2) is 0 Å². The van der Waals surface area contributed by atoms with Crippen molar-refractivity contribution in [2.24, 2.45) is 22.5 Å². The molecule has 0 aromatic heterocycles. The predicted molar refractivity (Wildman–Crippen MR) is 78.4 cm³/mol. The molecule has 1 aliphatic carbocycles. The van der Waals surface area contributed by atoms with Gasteiger partial charge in [0.2, 0.25) is 0 Å². The molecule has 18 heavy (non-hydrogen) atoms. The Kier molecular flexibility index (Phi) is 4.88. The minimum absolute atomic E-state index is 0.0434. The summed E-state index contributed by atoms with van der Waals surface area (Å²) in [7, 11) is 0. The van der Waals surface area contributed by atoms with Gasteiger partial charge in [-0.15, -0.1) is 0 Å². The minimum Gasteiger partial charge on any atom is -0.389 e. The third kappa shape index (κ3) is 2.75. The Morgan fingerprint density at radius 2 is 1.56 bits per heavy atom. The van der Waals surface area contributed by atoms with Gasteiger partial charge < -0.3 is 10.8 Å². The molecular formula is C16H33NO. The van der Waals surface area contributed by atoms with Crippen molar-refractivity contribution in [1.29, 1.82) is 0 Å². The maximum atomic E-state index is 10.9. The van der Waals surface area contributed by atoms with Crippen LogP contribution in [0.1, 0.15) is 73.1 Å².